The van der Waals surface area contributed by atoms with Crippen molar-refractivity contribution in [1.29, 1.82) is 0 Å². The van der Waals surface area contributed by atoms with E-state index in [0.717, 1.165) is 36.1 Å². The summed E-state index contributed by atoms with van der Waals surface area (Å²) >= 11 is 0. The molecule has 0 fully saturated rings. The molecule has 8 nitrogen and oxygen atoms in total. The summed E-state index contributed by atoms with van der Waals surface area (Å²) in [4.78, 5) is 4.61. The van der Waals surface area contributed by atoms with E-state index in [4.69, 9.17) is 9.47 Å². The van der Waals surface area contributed by atoms with Crippen molar-refractivity contribution in [2.75, 3.05) is 33.9 Å². The lowest BCUT2D eigenvalue weighted by atomic mass is 10.0. The molecule has 1 aromatic carbocycles. The van der Waals surface area contributed by atoms with Crippen molar-refractivity contribution >= 4 is 29.9 Å². The van der Waals surface area contributed by atoms with E-state index in [9.17, 15) is 0 Å². The molecule has 2 rings (SSSR count). The van der Waals surface area contributed by atoms with Gasteiger partial charge in [0.2, 0.25) is 0 Å². The summed E-state index contributed by atoms with van der Waals surface area (Å²) in [6.45, 7) is 8.87. The van der Waals surface area contributed by atoms with Crippen LogP contribution >= 0.6 is 24.0 Å². The molecule has 0 aliphatic rings. The summed E-state index contributed by atoms with van der Waals surface area (Å²) in [5, 5.41) is 14.9. The first-order valence-electron chi connectivity index (χ1n) is 9.64. The van der Waals surface area contributed by atoms with Gasteiger partial charge in [-0.25, -0.2) is 0 Å². The Kier molecular flexibility index (Phi) is 11.6. The molecule has 0 aliphatic carbocycles. The van der Waals surface area contributed by atoms with Crippen molar-refractivity contribution in [2.45, 2.75) is 39.8 Å². The quantitative estimate of drug-likeness (QED) is 0.219. The highest BCUT2D eigenvalue weighted by Crippen LogP contribution is 2.25. The molecule has 9 heteroatoms. The van der Waals surface area contributed by atoms with Crippen LogP contribution in [-0.2, 0) is 17.7 Å². The molecule has 0 aliphatic heterocycles. The number of guanidine groups is 1. The minimum atomic E-state index is 0. The van der Waals surface area contributed by atoms with E-state index in [-0.39, 0.29) is 30.0 Å². The predicted octanol–water partition coefficient (Wildman–Crippen LogP) is 2.72. The van der Waals surface area contributed by atoms with Crippen molar-refractivity contribution in [3.8, 4) is 5.75 Å². The van der Waals surface area contributed by atoms with E-state index >= 15 is 0 Å². The number of methoxy groups -OCH3 is 2. The Labute approximate surface area is 190 Å². The zero-order valence-corrected chi connectivity index (χ0v) is 20.3. The normalized spacial score (nSPS) is 12.2. The molecule has 1 heterocycles. The van der Waals surface area contributed by atoms with Crippen LogP contribution in [0.3, 0.4) is 0 Å². The second-order valence-corrected chi connectivity index (χ2v) is 6.56. The van der Waals surface area contributed by atoms with E-state index in [1.54, 1.807) is 20.5 Å². The predicted molar refractivity (Wildman–Crippen MR) is 126 cm³/mol. The smallest absolute Gasteiger partial charge is 0.191 e. The fourth-order valence-electron chi connectivity index (χ4n) is 2.91. The number of hydrogen-bond donors (Lipinski definition) is 2. The Morgan fingerprint density at radius 2 is 2.10 bits per heavy atom. The third-order valence-corrected chi connectivity index (χ3v) is 4.43. The molecule has 1 unspecified atom stereocenters. The van der Waals surface area contributed by atoms with Crippen LogP contribution in [0.1, 0.15) is 36.8 Å². The van der Waals surface area contributed by atoms with E-state index in [1.165, 1.54) is 5.56 Å². The average molecular weight is 516 g/mol. The van der Waals surface area contributed by atoms with Crippen LogP contribution < -0.4 is 15.4 Å². The molecule has 29 heavy (non-hydrogen) atoms. The minimum Gasteiger partial charge on any atom is -0.496 e. The summed E-state index contributed by atoms with van der Waals surface area (Å²) in [6.07, 6.45) is 2.62. The van der Waals surface area contributed by atoms with Gasteiger partial charge >= 0.3 is 0 Å². The minimum absolute atomic E-state index is 0. The molecule has 1 atom stereocenters. The number of ether oxygens (including phenoxy) is 2. The van der Waals surface area contributed by atoms with E-state index in [2.05, 4.69) is 52.7 Å². The van der Waals surface area contributed by atoms with Crippen molar-refractivity contribution in [1.82, 2.24) is 25.4 Å². The fourth-order valence-corrected chi connectivity index (χ4v) is 2.91. The van der Waals surface area contributed by atoms with Crippen LogP contribution in [0.25, 0.3) is 0 Å². The van der Waals surface area contributed by atoms with Gasteiger partial charge in [-0.15, -0.1) is 34.2 Å². The van der Waals surface area contributed by atoms with E-state index < -0.39 is 0 Å². The Balaban J connectivity index is 0.00000420. The Morgan fingerprint density at radius 3 is 2.79 bits per heavy atom. The van der Waals surface area contributed by atoms with Gasteiger partial charge in [-0.05, 0) is 19.9 Å². The largest absolute Gasteiger partial charge is 0.496 e. The maximum absolute atomic E-state index is 5.52. The number of aliphatic imine (C=N–C) groups is 1. The molecule has 0 saturated heterocycles. The zero-order valence-electron chi connectivity index (χ0n) is 17.9. The maximum atomic E-state index is 5.52. The molecule has 1 aromatic heterocycles. The Morgan fingerprint density at radius 1 is 1.31 bits per heavy atom. The number of benzene rings is 1. The van der Waals surface area contributed by atoms with Gasteiger partial charge in [-0.2, -0.15) is 0 Å². The monoisotopic (exact) mass is 516 g/mol. The zero-order chi connectivity index (χ0) is 20.4. The first kappa shape index (κ1) is 25.2. The molecule has 0 bridgehead atoms. The SMILES string of the molecule is CCc1nncn1CCNC(=NCCOC)NC(C)c1cc(C)ccc1OC.I. The second-order valence-electron chi connectivity index (χ2n) is 6.56. The number of aryl methyl sites for hydroxylation is 2. The highest BCUT2D eigenvalue weighted by atomic mass is 127. The standard InChI is InChI=1S/C20H32N6O2.HI/c1-6-19-25-23-14-26(19)11-9-21-20(22-10-12-27-4)24-16(3)17-13-15(2)7-8-18(17)28-5;/h7-8,13-14,16H,6,9-12H2,1-5H3,(H2,21,22,24);1H. The summed E-state index contributed by atoms with van der Waals surface area (Å²) in [5.41, 5.74) is 2.28. The first-order valence-corrected chi connectivity index (χ1v) is 9.64. The van der Waals surface area contributed by atoms with Gasteiger partial charge in [-0.1, -0.05) is 24.6 Å². The van der Waals surface area contributed by atoms with E-state index in [0.29, 0.717) is 19.7 Å². The molecule has 162 valence electrons. The van der Waals surface area contributed by atoms with Gasteiger partial charge in [0.05, 0.1) is 26.3 Å². The number of hydrogen-bond acceptors (Lipinski definition) is 5. The lowest BCUT2D eigenvalue weighted by Crippen LogP contribution is -2.40. The highest BCUT2D eigenvalue weighted by Gasteiger charge is 2.13. The highest BCUT2D eigenvalue weighted by molar-refractivity contribution is 14.0. The van der Waals surface area contributed by atoms with Crippen LogP contribution in [0.4, 0.5) is 0 Å². The molecule has 2 N–H and O–H groups in total. The van der Waals surface area contributed by atoms with Crippen molar-refractivity contribution in [3.05, 3.63) is 41.5 Å². The number of halogens is 1. The van der Waals surface area contributed by atoms with Gasteiger partial charge in [0, 0.05) is 32.2 Å². The van der Waals surface area contributed by atoms with Crippen molar-refractivity contribution < 1.29 is 9.47 Å². The number of rotatable bonds is 10. The number of nitrogens with zero attached hydrogens (tertiary/aromatic N) is 4. The molecule has 0 radical (unpaired) electrons. The van der Waals surface area contributed by atoms with Crippen LogP contribution in [0.15, 0.2) is 29.5 Å². The number of aromatic nitrogens is 3. The topological polar surface area (TPSA) is 85.6 Å². The second kappa shape index (κ2) is 13.4. The summed E-state index contributed by atoms with van der Waals surface area (Å²) < 4.78 is 12.7. The van der Waals surface area contributed by atoms with Crippen LogP contribution in [0, 0.1) is 6.92 Å². The van der Waals surface area contributed by atoms with Gasteiger partial charge in [0.25, 0.3) is 0 Å². The van der Waals surface area contributed by atoms with Crippen molar-refractivity contribution in [3.63, 3.8) is 0 Å². The molecule has 0 amide bonds. The van der Waals surface area contributed by atoms with Crippen molar-refractivity contribution in [2.24, 2.45) is 4.99 Å². The molecule has 0 saturated carbocycles. The third-order valence-electron chi connectivity index (χ3n) is 4.43. The average Bonchev–Trinajstić information content (AvgIpc) is 3.15. The summed E-state index contributed by atoms with van der Waals surface area (Å²) in [7, 11) is 3.37. The Bertz CT molecular complexity index is 765. The van der Waals surface area contributed by atoms with Crippen LogP contribution in [0.5, 0.6) is 5.75 Å². The molecular formula is C20H33IN6O2. The molecule has 2 aromatic rings. The third kappa shape index (κ3) is 7.81. The fraction of sp³-hybridized carbons (Fsp3) is 0.550. The summed E-state index contributed by atoms with van der Waals surface area (Å²) in [5.74, 6) is 2.57. The lowest BCUT2D eigenvalue weighted by Gasteiger charge is -2.21. The van der Waals surface area contributed by atoms with E-state index in [1.807, 2.05) is 16.7 Å². The van der Waals surface area contributed by atoms with Gasteiger partial charge in [0.1, 0.15) is 17.9 Å². The molecular weight excluding hydrogens is 483 g/mol. The summed E-state index contributed by atoms with van der Waals surface area (Å²) in [6, 6.07) is 6.21. The first-order chi connectivity index (χ1) is 13.6. The molecule has 0 spiro atoms. The van der Waals surface area contributed by atoms with Gasteiger partial charge in [0.15, 0.2) is 5.96 Å². The van der Waals surface area contributed by atoms with Crippen LogP contribution in [-0.4, -0.2) is 54.6 Å². The van der Waals surface area contributed by atoms with Crippen LogP contribution in [0.2, 0.25) is 0 Å². The Hall–Kier alpha value is -1.88. The van der Waals surface area contributed by atoms with Gasteiger partial charge < -0.3 is 24.7 Å². The van der Waals surface area contributed by atoms with Gasteiger partial charge in [-0.3, -0.25) is 4.99 Å². The maximum Gasteiger partial charge on any atom is 0.191 e. The number of nitrogens with one attached hydrogen (secondary N) is 2. The lowest BCUT2D eigenvalue weighted by molar-refractivity contribution is 0.208.